The van der Waals surface area contributed by atoms with Crippen molar-refractivity contribution in [2.75, 3.05) is 32.8 Å². The highest BCUT2D eigenvalue weighted by Gasteiger charge is 2.97. The van der Waals surface area contributed by atoms with Crippen molar-refractivity contribution in [3.8, 4) is 0 Å². The van der Waals surface area contributed by atoms with Crippen LogP contribution < -0.4 is 0 Å². The highest BCUT2D eigenvalue weighted by molar-refractivity contribution is 5.21. The van der Waals surface area contributed by atoms with E-state index in [1.807, 2.05) is 0 Å². The van der Waals surface area contributed by atoms with Crippen molar-refractivity contribution >= 4 is 0 Å². The van der Waals surface area contributed by atoms with E-state index in [1.54, 1.807) is 0 Å². The number of alkyl halides is 21. The Labute approximate surface area is 214 Å². The molecule has 244 valence electrons. The molecule has 1 saturated heterocycles. The number of hydrogen-bond donors (Lipinski definition) is 0. The third kappa shape index (κ3) is 5.41. The van der Waals surface area contributed by atoms with Crippen LogP contribution in [0.4, 0.5) is 92.2 Å². The molecule has 0 atom stereocenters. The Hall–Kier alpha value is -1.81. The van der Waals surface area contributed by atoms with Gasteiger partial charge in [0.1, 0.15) is 0 Å². The summed E-state index contributed by atoms with van der Waals surface area (Å²) in [5, 5.41) is 0. The van der Waals surface area contributed by atoms with Gasteiger partial charge in [0.25, 0.3) is 0 Å². The van der Waals surface area contributed by atoms with Crippen molar-refractivity contribution in [1.29, 1.82) is 0 Å². The van der Waals surface area contributed by atoms with Gasteiger partial charge in [-0.05, 0) is 13.0 Å². The Balaban J connectivity index is 3.63. The van der Waals surface area contributed by atoms with Gasteiger partial charge in [-0.15, -0.1) is 0 Å². The molecule has 0 spiro atoms. The SMILES string of the molecule is C/C(=C\C(F)(F)C(F)(F)C(F)(F)C(F)(F)C(F)(F)C(F)(F)C(F)(F)C(F)(F)C(F)(F)C(F)(F)F)CN1CCOCC1. The zero-order valence-electron chi connectivity index (χ0n) is 19.4. The maximum atomic E-state index is 14.0. The minimum absolute atomic E-state index is 0.0774. The number of hydrogen-bond acceptors (Lipinski definition) is 2. The number of nitrogens with zero attached hydrogens (tertiary/aromatic N) is 1. The fourth-order valence-electron chi connectivity index (χ4n) is 3.13. The highest BCUT2D eigenvalue weighted by atomic mass is 19.4. The van der Waals surface area contributed by atoms with E-state index in [1.165, 1.54) is 0 Å². The summed E-state index contributed by atoms with van der Waals surface area (Å²) in [5.41, 5.74) is -1.08. The number of halogens is 21. The summed E-state index contributed by atoms with van der Waals surface area (Å²) in [7, 11) is 0. The number of ether oxygens (including phenoxy) is 1. The quantitative estimate of drug-likeness (QED) is 0.168. The van der Waals surface area contributed by atoms with Crippen LogP contribution in [0.1, 0.15) is 6.92 Å². The van der Waals surface area contributed by atoms with Gasteiger partial charge in [0, 0.05) is 19.6 Å². The summed E-state index contributed by atoms with van der Waals surface area (Å²) in [6.07, 6.45) is -9.23. The van der Waals surface area contributed by atoms with Gasteiger partial charge in [-0.2, -0.15) is 92.2 Å². The third-order valence-electron chi connectivity index (χ3n) is 5.54. The average molecular weight is 659 g/mol. The Bertz CT molecular complexity index is 960. The van der Waals surface area contributed by atoms with Gasteiger partial charge in [-0.1, -0.05) is 5.57 Å². The fourth-order valence-corrected chi connectivity index (χ4v) is 3.13. The first kappa shape index (κ1) is 37.2. The first-order valence-corrected chi connectivity index (χ1v) is 10.2. The molecule has 0 radical (unpaired) electrons. The molecule has 1 fully saturated rings. The van der Waals surface area contributed by atoms with Crippen LogP contribution in [0.3, 0.4) is 0 Å². The molecule has 0 N–H and O–H groups in total. The monoisotopic (exact) mass is 659 g/mol. The Kier molecular flexibility index (Phi) is 9.46. The summed E-state index contributed by atoms with van der Waals surface area (Å²) in [6.45, 7) is -0.705. The van der Waals surface area contributed by atoms with Crippen molar-refractivity contribution in [2.45, 2.75) is 66.4 Å². The van der Waals surface area contributed by atoms with Gasteiger partial charge < -0.3 is 4.74 Å². The van der Waals surface area contributed by atoms with E-state index in [2.05, 4.69) is 0 Å². The molecular weight excluding hydrogens is 645 g/mol. The molecular formula is C18H14F21NO. The molecule has 0 aromatic carbocycles. The Morgan fingerprint density at radius 2 is 0.805 bits per heavy atom. The minimum Gasteiger partial charge on any atom is -0.379 e. The standard InChI is InChI=1S/C18H14F21NO/c1-8(7-40-2-4-41-5-3-40)6-9(19,20)10(21,22)11(23,24)12(25,26)13(27,28)14(29,30)15(31,32)16(33,34)17(35,36)18(37,38)39/h6H,2-5,7H2,1H3/b8-6+. The second-order valence-electron chi connectivity index (χ2n) is 8.60. The summed E-state index contributed by atoms with van der Waals surface area (Å²) in [6, 6.07) is 0. The van der Waals surface area contributed by atoms with Crippen molar-refractivity contribution in [3.05, 3.63) is 11.6 Å². The zero-order valence-corrected chi connectivity index (χ0v) is 19.4. The van der Waals surface area contributed by atoms with Crippen LogP contribution in [-0.2, 0) is 4.74 Å². The molecule has 1 heterocycles. The van der Waals surface area contributed by atoms with Gasteiger partial charge in [-0.25, -0.2) is 0 Å². The molecule has 1 aliphatic rings. The van der Waals surface area contributed by atoms with Gasteiger partial charge in [0.15, 0.2) is 0 Å². The summed E-state index contributed by atoms with van der Waals surface area (Å²) < 4.78 is 286. The smallest absolute Gasteiger partial charge is 0.379 e. The molecule has 0 unspecified atom stereocenters. The molecule has 2 nitrogen and oxygen atoms in total. The average Bonchev–Trinajstić information content (AvgIpc) is 2.77. The predicted molar refractivity (Wildman–Crippen MR) is 91.6 cm³/mol. The van der Waals surface area contributed by atoms with Crippen molar-refractivity contribution in [2.24, 2.45) is 0 Å². The van der Waals surface area contributed by atoms with E-state index in [9.17, 15) is 92.2 Å². The molecule has 1 aliphatic heterocycles. The number of allylic oxidation sites excluding steroid dienone is 1. The molecule has 0 aromatic rings. The molecule has 0 aromatic heterocycles. The van der Waals surface area contributed by atoms with E-state index in [0.29, 0.717) is 6.92 Å². The first-order chi connectivity index (χ1) is 17.7. The van der Waals surface area contributed by atoms with Gasteiger partial charge in [-0.3, -0.25) is 4.90 Å². The molecule has 23 heteroatoms. The van der Waals surface area contributed by atoms with Gasteiger partial charge >= 0.3 is 59.5 Å². The second-order valence-corrected chi connectivity index (χ2v) is 8.60. The Morgan fingerprint density at radius 3 is 1.12 bits per heavy atom. The van der Waals surface area contributed by atoms with Crippen molar-refractivity contribution < 1.29 is 96.9 Å². The van der Waals surface area contributed by atoms with Crippen LogP contribution in [0, 0.1) is 0 Å². The second kappa shape index (κ2) is 10.4. The van der Waals surface area contributed by atoms with E-state index in [-0.39, 0.29) is 26.3 Å². The molecule has 0 saturated carbocycles. The fraction of sp³-hybridized carbons (Fsp3) is 0.889. The first-order valence-electron chi connectivity index (χ1n) is 10.2. The van der Waals surface area contributed by atoms with Crippen LogP contribution in [0.2, 0.25) is 0 Å². The number of morpholine rings is 1. The highest BCUT2D eigenvalue weighted by Crippen LogP contribution is 2.66. The lowest BCUT2D eigenvalue weighted by molar-refractivity contribution is -0.473. The lowest BCUT2D eigenvalue weighted by atomic mass is 9.86. The summed E-state index contributed by atoms with van der Waals surface area (Å²) in [4.78, 5) is 1.12. The molecule has 41 heavy (non-hydrogen) atoms. The van der Waals surface area contributed by atoms with Gasteiger partial charge in [0.2, 0.25) is 0 Å². The normalized spacial score (nSPS) is 19.1. The summed E-state index contributed by atoms with van der Waals surface area (Å²) >= 11 is 0. The van der Waals surface area contributed by atoms with E-state index in [0.717, 1.165) is 4.90 Å². The molecule has 0 bridgehead atoms. The third-order valence-corrected chi connectivity index (χ3v) is 5.54. The van der Waals surface area contributed by atoms with Crippen LogP contribution in [0.15, 0.2) is 11.6 Å². The van der Waals surface area contributed by atoms with Crippen molar-refractivity contribution in [3.63, 3.8) is 0 Å². The zero-order chi connectivity index (χ0) is 33.1. The largest absolute Gasteiger partial charge is 0.460 e. The lowest BCUT2D eigenvalue weighted by Crippen LogP contribution is -2.76. The lowest BCUT2D eigenvalue weighted by Gasteiger charge is -2.44. The van der Waals surface area contributed by atoms with Crippen molar-refractivity contribution in [1.82, 2.24) is 4.90 Å². The van der Waals surface area contributed by atoms with E-state index >= 15 is 0 Å². The Morgan fingerprint density at radius 1 is 0.512 bits per heavy atom. The maximum absolute atomic E-state index is 14.0. The van der Waals surface area contributed by atoms with Gasteiger partial charge in [0.05, 0.1) is 13.2 Å². The topological polar surface area (TPSA) is 12.5 Å². The van der Waals surface area contributed by atoms with E-state index in [4.69, 9.17) is 4.74 Å². The molecule has 1 rings (SSSR count). The maximum Gasteiger partial charge on any atom is 0.460 e. The van der Waals surface area contributed by atoms with Crippen LogP contribution in [-0.4, -0.2) is 97.2 Å². The van der Waals surface area contributed by atoms with Crippen LogP contribution >= 0.6 is 0 Å². The molecule has 0 amide bonds. The number of rotatable bonds is 11. The van der Waals surface area contributed by atoms with Crippen LogP contribution in [0.25, 0.3) is 0 Å². The molecule has 0 aliphatic carbocycles. The van der Waals surface area contributed by atoms with E-state index < -0.39 is 77.7 Å². The van der Waals surface area contributed by atoms with Crippen LogP contribution in [0.5, 0.6) is 0 Å². The predicted octanol–water partition coefficient (Wildman–Crippen LogP) is 7.54. The minimum atomic E-state index is -9.17. The summed E-state index contributed by atoms with van der Waals surface area (Å²) in [5.74, 6) is -76.9.